The van der Waals surface area contributed by atoms with Crippen molar-refractivity contribution in [3.63, 3.8) is 0 Å². The fourth-order valence-corrected chi connectivity index (χ4v) is 3.29. The van der Waals surface area contributed by atoms with Crippen molar-refractivity contribution in [2.24, 2.45) is 5.92 Å². The molecule has 0 spiro atoms. The van der Waals surface area contributed by atoms with Crippen molar-refractivity contribution in [2.45, 2.75) is 58.5 Å². The summed E-state index contributed by atoms with van der Waals surface area (Å²) >= 11 is 0. The second-order valence-corrected chi connectivity index (χ2v) is 7.67. The summed E-state index contributed by atoms with van der Waals surface area (Å²) in [4.78, 5) is 15.7. The van der Waals surface area contributed by atoms with Crippen molar-refractivity contribution in [1.29, 1.82) is 0 Å². The molecule has 0 radical (unpaired) electrons. The molecule has 146 valence electrons. The number of ether oxygens (including phenoxy) is 1. The Bertz CT molecular complexity index is 735. The van der Waals surface area contributed by atoms with Crippen molar-refractivity contribution >= 4 is 5.91 Å². The normalized spacial score (nSPS) is 15.1. The summed E-state index contributed by atoms with van der Waals surface area (Å²) in [7, 11) is 1.88. The lowest BCUT2D eigenvalue weighted by Gasteiger charge is -2.31. The highest BCUT2D eigenvalue weighted by molar-refractivity contribution is 5.75. The summed E-state index contributed by atoms with van der Waals surface area (Å²) < 4.78 is 5.69. The van der Waals surface area contributed by atoms with Gasteiger partial charge in [0.15, 0.2) is 0 Å². The molecule has 1 aliphatic rings. The van der Waals surface area contributed by atoms with Gasteiger partial charge in [-0.1, -0.05) is 33.1 Å². The lowest BCUT2D eigenvalue weighted by molar-refractivity contribution is -0.133. The zero-order valence-corrected chi connectivity index (χ0v) is 16.5. The molecule has 0 N–H and O–H groups in total. The molecule has 1 aliphatic carbocycles. The molecule has 1 aromatic heterocycles. The third-order valence-electron chi connectivity index (χ3n) is 4.94. The van der Waals surface area contributed by atoms with Crippen LogP contribution in [0.25, 0.3) is 11.4 Å². The highest BCUT2D eigenvalue weighted by Crippen LogP contribution is 2.22. The number of nitrogens with zero attached hydrogens (tertiary/aromatic N) is 5. The number of hydrogen-bond acceptors (Lipinski definition) is 5. The summed E-state index contributed by atoms with van der Waals surface area (Å²) in [6, 6.07) is 7.97. The van der Waals surface area contributed by atoms with Crippen LogP contribution in [0.2, 0.25) is 0 Å². The SMILES string of the molecule is CC(C)COc1ccc(-c2nnn(CC(=O)N(C)C3CCCCC3)n2)cc1. The molecule has 0 bridgehead atoms. The number of amides is 1. The molecule has 27 heavy (non-hydrogen) atoms. The van der Waals surface area contributed by atoms with Crippen LogP contribution in [-0.2, 0) is 11.3 Å². The maximum atomic E-state index is 12.5. The largest absolute Gasteiger partial charge is 0.493 e. The summed E-state index contributed by atoms with van der Waals surface area (Å²) in [6.07, 6.45) is 5.84. The number of aromatic nitrogens is 4. The number of hydrogen-bond donors (Lipinski definition) is 0. The molecule has 1 amide bonds. The Hall–Kier alpha value is -2.44. The van der Waals surface area contributed by atoms with E-state index in [-0.39, 0.29) is 12.5 Å². The number of likely N-dealkylation sites (N-methyl/N-ethyl adjacent to an activating group) is 1. The zero-order valence-electron chi connectivity index (χ0n) is 16.5. The van der Waals surface area contributed by atoms with E-state index in [0.29, 0.717) is 24.4 Å². The highest BCUT2D eigenvalue weighted by atomic mass is 16.5. The molecule has 1 saturated carbocycles. The van der Waals surface area contributed by atoms with Crippen LogP contribution in [0.5, 0.6) is 5.75 Å². The summed E-state index contributed by atoms with van der Waals surface area (Å²) in [5.74, 6) is 1.85. The topological polar surface area (TPSA) is 73.1 Å². The van der Waals surface area contributed by atoms with Crippen LogP contribution >= 0.6 is 0 Å². The van der Waals surface area contributed by atoms with Crippen LogP contribution in [0.15, 0.2) is 24.3 Å². The van der Waals surface area contributed by atoms with Gasteiger partial charge in [-0.3, -0.25) is 4.79 Å². The van der Waals surface area contributed by atoms with Gasteiger partial charge in [0.1, 0.15) is 12.3 Å². The molecular formula is C20H29N5O2. The van der Waals surface area contributed by atoms with E-state index in [1.807, 2.05) is 36.2 Å². The van der Waals surface area contributed by atoms with Gasteiger partial charge < -0.3 is 9.64 Å². The Morgan fingerprint density at radius 1 is 1.22 bits per heavy atom. The molecule has 1 heterocycles. The van der Waals surface area contributed by atoms with Crippen molar-refractivity contribution in [2.75, 3.05) is 13.7 Å². The second-order valence-electron chi connectivity index (χ2n) is 7.67. The molecule has 7 heteroatoms. The number of tetrazole rings is 1. The van der Waals surface area contributed by atoms with Gasteiger partial charge >= 0.3 is 0 Å². The second kappa shape index (κ2) is 8.97. The molecule has 0 atom stereocenters. The van der Waals surface area contributed by atoms with E-state index in [0.717, 1.165) is 24.2 Å². The predicted molar refractivity (Wildman–Crippen MR) is 103 cm³/mol. The number of benzene rings is 1. The zero-order chi connectivity index (χ0) is 19.2. The summed E-state index contributed by atoms with van der Waals surface area (Å²) in [6.45, 7) is 5.03. The Labute approximate surface area is 160 Å². The van der Waals surface area contributed by atoms with E-state index in [1.54, 1.807) is 0 Å². The smallest absolute Gasteiger partial charge is 0.246 e. The third kappa shape index (κ3) is 5.28. The molecule has 2 aromatic rings. The van der Waals surface area contributed by atoms with Crippen LogP contribution in [0.3, 0.4) is 0 Å². The number of carbonyl (C=O) groups excluding carboxylic acids is 1. The summed E-state index contributed by atoms with van der Waals surface area (Å²) in [5.41, 5.74) is 0.853. The molecule has 0 unspecified atom stereocenters. The molecular weight excluding hydrogens is 342 g/mol. The van der Waals surface area contributed by atoms with Gasteiger partial charge in [0.25, 0.3) is 0 Å². The first-order valence-corrected chi connectivity index (χ1v) is 9.79. The molecule has 0 aliphatic heterocycles. The Kier molecular flexibility index (Phi) is 6.42. The molecule has 0 saturated heterocycles. The third-order valence-corrected chi connectivity index (χ3v) is 4.94. The Morgan fingerprint density at radius 2 is 1.93 bits per heavy atom. The quantitative estimate of drug-likeness (QED) is 0.747. The average molecular weight is 371 g/mol. The minimum Gasteiger partial charge on any atom is -0.493 e. The van der Waals surface area contributed by atoms with Crippen LogP contribution in [0.4, 0.5) is 0 Å². The van der Waals surface area contributed by atoms with Gasteiger partial charge in [0.2, 0.25) is 11.7 Å². The van der Waals surface area contributed by atoms with Crippen LogP contribution in [0, 0.1) is 5.92 Å². The lowest BCUT2D eigenvalue weighted by atomic mass is 9.94. The summed E-state index contributed by atoms with van der Waals surface area (Å²) in [5, 5.41) is 12.5. The van der Waals surface area contributed by atoms with Gasteiger partial charge in [-0.2, -0.15) is 4.80 Å². The maximum absolute atomic E-state index is 12.5. The van der Waals surface area contributed by atoms with Gasteiger partial charge in [-0.05, 0) is 48.2 Å². The first-order valence-electron chi connectivity index (χ1n) is 9.79. The predicted octanol–water partition coefficient (Wildman–Crippen LogP) is 3.17. The first kappa shape index (κ1) is 19.3. The van der Waals surface area contributed by atoms with Crippen molar-refractivity contribution < 1.29 is 9.53 Å². The standard InChI is InChI=1S/C20H29N5O2/c1-15(2)14-27-18-11-9-16(10-12-18)20-21-23-25(22-20)13-19(26)24(3)17-7-5-4-6-8-17/h9-12,15,17H,4-8,13-14H2,1-3H3. The number of rotatable bonds is 7. The van der Waals surface area contributed by atoms with E-state index in [2.05, 4.69) is 29.3 Å². The van der Waals surface area contributed by atoms with E-state index in [9.17, 15) is 4.79 Å². The van der Waals surface area contributed by atoms with Gasteiger partial charge in [-0.25, -0.2) is 0 Å². The van der Waals surface area contributed by atoms with Gasteiger partial charge in [0.05, 0.1) is 6.61 Å². The van der Waals surface area contributed by atoms with Crippen LogP contribution < -0.4 is 4.74 Å². The average Bonchev–Trinajstić information content (AvgIpc) is 3.15. The minimum absolute atomic E-state index is 0.0308. The molecule has 3 rings (SSSR count). The van der Waals surface area contributed by atoms with Gasteiger partial charge in [-0.15, -0.1) is 10.2 Å². The van der Waals surface area contributed by atoms with Crippen molar-refractivity contribution in [1.82, 2.24) is 25.1 Å². The van der Waals surface area contributed by atoms with Crippen molar-refractivity contribution in [3.8, 4) is 17.1 Å². The van der Waals surface area contributed by atoms with Crippen molar-refractivity contribution in [3.05, 3.63) is 24.3 Å². The van der Waals surface area contributed by atoms with Gasteiger partial charge in [0, 0.05) is 18.7 Å². The van der Waals surface area contributed by atoms with E-state index in [4.69, 9.17) is 4.74 Å². The minimum atomic E-state index is 0.0308. The molecule has 1 aromatic carbocycles. The van der Waals surface area contributed by atoms with E-state index >= 15 is 0 Å². The van der Waals surface area contributed by atoms with Crippen LogP contribution in [0.1, 0.15) is 46.0 Å². The first-order chi connectivity index (χ1) is 13.0. The fourth-order valence-electron chi connectivity index (χ4n) is 3.29. The maximum Gasteiger partial charge on any atom is 0.246 e. The van der Waals surface area contributed by atoms with E-state index in [1.165, 1.54) is 24.1 Å². The number of carbonyl (C=O) groups is 1. The Balaban J connectivity index is 1.58. The molecule has 7 nitrogen and oxygen atoms in total. The highest BCUT2D eigenvalue weighted by Gasteiger charge is 2.22. The molecule has 1 fully saturated rings. The Morgan fingerprint density at radius 3 is 2.59 bits per heavy atom. The van der Waals surface area contributed by atoms with Crippen LogP contribution in [-0.4, -0.2) is 50.7 Å². The van der Waals surface area contributed by atoms with E-state index < -0.39 is 0 Å². The monoisotopic (exact) mass is 371 g/mol. The fraction of sp³-hybridized carbons (Fsp3) is 0.600. The lowest BCUT2D eigenvalue weighted by Crippen LogP contribution is -2.40.